The lowest BCUT2D eigenvalue weighted by Crippen LogP contribution is -2.38. The van der Waals surface area contributed by atoms with Gasteiger partial charge in [0.05, 0.1) is 0 Å². The zero-order valence-electron chi connectivity index (χ0n) is 13.2. The molecule has 1 N–H and O–H groups in total. The molecule has 0 aliphatic carbocycles. The van der Waals surface area contributed by atoms with Gasteiger partial charge in [-0.25, -0.2) is 0 Å². The lowest BCUT2D eigenvalue weighted by atomic mass is 9.86. The van der Waals surface area contributed by atoms with Gasteiger partial charge in [0.25, 0.3) is 0 Å². The quantitative estimate of drug-likeness (QED) is 0.804. The average Bonchev–Trinajstić information content (AvgIpc) is 2.46. The molecule has 20 heavy (non-hydrogen) atoms. The van der Waals surface area contributed by atoms with Gasteiger partial charge in [0, 0.05) is 6.04 Å². The zero-order valence-corrected chi connectivity index (χ0v) is 13.2. The maximum absolute atomic E-state index is 3.66. The minimum atomic E-state index is 0.557. The van der Waals surface area contributed by atoms with E-state index in [0.29, 0.717) is 17.9 Å². The van der Waals surface area contributed by atoms with E-state index >= 15 is 0 Å². The van der Waals surface area contributed by atoms with Crippen molar-refractivity contribution in [1.29, 1.82) is 0 Å². The minimum absolute atomic E-state index is 0.557. The number of hydrogen-bond acceptors (Lipinski definition) is 1. The van der Waals surface area contributed by atoms with Crippen LogP contribution in [0.2, 0.25) is 0 Å². The van der Waals surface area contributed by atoms with Gasteiger partial charge in [-0.05, 0) is 41.1 Å². The molecule has 2 rings (SSSR count). The Kier molecular flexibility index (Phi) is 5.19. The van der Waals surface area contributed by atoms with Crippen molar-refractivity contribution in [1.82, 2.24) is 5.32 Å². The van der Waals surface area contributed by atoms with Gasteiger partial charge in [0.15, 0.2) is 0 Å². The number of fused-ring (bicyclic) bond motifs is 1. The van der Waals surface area contributed by atoms with Gasteiger partial charge in [-0.1, -0.05) is 70.2 Å². The van der Waals surface area contributed by atoms with E-state index in [9.17, 15) is 0 Å². The average molecular weight is 269 g/mol. The first-order chi connectivity index (χ1) is 9.61. The molecule has 0 spiro atoms. The van der Waals surface area contributed by atoms with Crippen LogP contribution in [-0.2, 0) is 6.42 Å². The third-order valence-corrected chi connectivity index (χ3v) is 4.42. The van der Waals surface area contributed by atoms with Crippen molar-refractivity contribution in [3.8, 4) is 0 Å². The van der Waals surface area contributed by atoms with E-state index in [1.165, 1.54) is 16.3 Å². The Balaban J connectivity index is 2.19. The second-order valence-corrected chi connectivity index (χ2v) is 6.15. The second kappa shape index (κ2) is 6.90. The van der Waals surface area contributed by atoms with Crippen LogP contribution in [0.3, 0.4) is 0 Å². The fourth-order valence-electron chi connectivity index (χ4n) is 2.79. The van der Waals surface area contributed by atoms with Gasteiger partial charge >= 0.3 is 0 Å². The van der Waals surface area contributed by atoms with Gasteiger partial charge in [0.1, 0.15) is 0 Å². The van der Waals surface area contributed by atoms with E-state index in [1.54, 1.807) is 0 Å². The molecule has 2 aromatic carbocycles. The Labute approximate surface area is 123 Å². The maximum Gasteiger partial charge on any atom is 0.0135 e. The van der Waals surface area contributed by atoms with Crippen molar-refractivity contribution in [3.05, 3.63) is 48.0 Å². The summed E-state index contributed by atoms with van der Waals surface area (Å²) in [6, 6.07) is 16.0. The zero-order chi connectivity index (χ0) is 14.5. The van der Waals surface area contributed by atoms with Crippen LogP contribution in [0.4, 0.5) is 0 Å². The number of benzene rings is 2. The Bertz CT molecular complexity index is 544. The maximum atomic E-state index is 3.66. The number of rotatable bonds is 6. The molecule has 2 unspecified atom stereocenters. The van der Waals surface area contributed by atoms with Gasteiger partial charge in [-0.15, -0.1) is 0 Å². The third kappa shape index (κ3) is 3.61. The molecule has 2 aromatic rings. The molecule has 0 saturated carbocycles. The molecule has 108 valence electrons. The number of likely N-dealkylation sites (N-methyl/N-ethyl adjacent to an activating group) is 1. The largest absolute Gasteiger partial charge is 0.314 e. The van der Waals surface area contributed by atoms with Crippen LogP contribution in [-0.4, -0.2) is 12.6 Å². The van der Waals surface area contributed by atoms with Crippen LogP contribution in [0.1, 0.15) is 33.3 Å². The highest BCUT2D eigenvalue weighted by Crippen LogP contribution is 2.21. The molecule has 0 fully saturated rings. The lowest BCUT2D eigenvalue weighted by Gasteiger charge is -2.28. The Morgan fingerprint density at radius 2 is 1.65 bits per heavy atom. The van der Waals surface area contributed by atoms with Crippen LogP contribution in [0.15, 0.2) is 42.5 Å². The molecule has 0 radical (unpaired) electrons. The van der Waals surface area contributed by atoms with E-state index in [0.717, 1.165) is 13.0 Å². The van der Waals surface area contributed by atoms with Crippen LogP contribution in [0.5, 0.6) is 0 Å². The molecule has 0 saturated heterocycles. The van der Waals surface area contributed by atoms with Crippen molar-refractivity contribution >= 4 is 10.8 Å². The van der Waals surface area contributed by atoms with E-state index in [2.05, 4.69) is 75.5 Å². The summed E-state index contributed by atoms with van der Waals surface area (Å²) in [5, 5.41) is 6.33. The molecule has 2 atom stereocenters. The summed E-state index contributed by atoms with van der Waals surface area (Å²) in [6.45, 7) is 10.2. The Morgan fingerprint density at radius 1 is 0.950 bits per heavy atom. The SMILES string of the molecule is CCNC(Cc1ccc2ccccc2c1)C(C)C(C)C. The van der Waals surface area contributed by atoms with Gasteiger partial charge < -0.3 is 5.32 Å². The highest BCUT2D eigenvalue weighted by molar-refractivity contribution is 5.82. The van der Waals surface area contributed by atoms with Crippen LogP contribution < -0.4 is 5.32 Å². The molecule has 1 nitrogen and oxygen atoms in total. The summed E-state index contributed by atoms with van der Waals surface area (Å²) < 4.78 is 0. The highest BCUT2D eigenvalue weighted by Gasteiger charge is 2.19. The number of hydrogen-bond donors (Lipinski definition) is 1. The van der Waals surface area contributed by atoms with Crippen LogP contribution in [0, 0.1) is 11.8 Å². The summed E-state index contributed by atoms with van der Waals surface area (Å²) in [4.78, 5) is 0. The first-order valence-electron chi connectivity index (χ1n) is 7.83. The van der Waals surface area contributed by atoms with Crippen molar-refractivity contribution in [2.75, 3.05) is 6.54 Å². The molecular formula is C19H27N. The Morgan fingerprint density at radius 3 is 2.30 bits per heavy atom. The molecular weight excluding hydrogens is 242 g/mol. The minimum Gasteiger partial charge on any atom is -0.314 e. The smallest absolute Gasteiger partial charge is 0.0135 e. The third-order valence-electron chi connectivity index (χ3n) is 4.42. The van der Waals surface area contributed by atoms with Gasteiger partial charge in [0.2, 0.25) is 0 Å². The molecule has 0 bridgehead atoms. The van der Waals surface area contributed by atoms with Crippen LogP contribution in [0.25, 0.3) is 10.8 Å². The molecule has 0 aliphatic heterocycles. The molecule has 0 heterocycles. The lowest BCUT2D eigenvalue weighted by molar-refractivity contribution is 0.300. The molecule has 0 amide bonds. The second-order valence-electron chi connectivity index (χ2n) is 6.15. The first kappa shape index (κ1) is 15.1. The Hall–Kier alpha value is -1.34. The van der Waals surface area contributed by atoms with E-state index < -0.39 is 0 Å². The standard InChI is InChI=1S/C19H27N/c1-5-20-19(15(4)14(2)3)13-16-10-11-17-8-6-7-9-18(17)12-16/h6-12,14-15,19-20H,5,13H2,1-4H3. The van der Waals surface area contributed by atoms with Gasteiger partial charge in [-0.3, -0.25) is 0 Å². The van der Waals surface area contributed by atoms with Crippen molar-refractivity contribution < 1.29 is 0 Å². The molecule has 1 heteroatoms. The summed E-state index contributed by atoms with van der Waals surface area (Å²) >= 11 is 0. The fraction of sp³-hybridized carbons (Fsp3) is 0.474. The molecule has 0 aromatic heterocycles. The predicted molar refractivity (Wildman–Crippen MR) is 89.1 cm³/mol. The van der Waals surface area contributed by atoms with E-state index in [1.807, 2.05) is 0 Å². The highest BCUT2D eigenvalue weighted by atomic mass is 14.9. The fourth-order valence-corrected chi connectivity index (χ4v) is 2.79. The van der Waals surface area contributed by atoms with Gasteiger partial charge in [-0.2, -0.15) is 0 Å². The summed E-state index contributed by atoms with van der Waals surface area (Å²) in [6.07, 6.45) is 1.11. The van der Waals surface area contributed by atoms with Crippen LogP contribution >= 0.6 is 0 Å². The van der Waals surface area contributed by atoms with E-state index in [-0.39, 0.29) is 0 Å². The normalized spacial score (nSPS) is 14.7. The first-order valence-corrected chi connectivity index (χ1v) is 7.83. The van der Waals surface area contributed by atoms with Crippen molar-refractivity contribution in [2.45, 2.75) is 40.2 Å². The number of nitrogens with one attached hydrogen (secondary N) is 1. The molecule has 0 aliphatic rings. The summed E-state index contributed by atoms with van der Waals surface area (Å²) in [5.41, 5.74) is 1.43. The van der Waals surface area contributed by atoms with Crippen molar-refractivity contribution in [3.63, 3.8) is 0 Å². The van der Waals surface area contributed by atoms with Crippen molar-refractivity contribution in [2.24, 2.45) is 11.8 Å². The summed E-state index contributed by atoms with van der Waals surface area (Å²) in [5.74, 6) is 1.39. The summed E-state index contributed by atoms with van der Waals surface area (Å²) in [7, 11) is 0. The predicted octanol–water partition coefficient (Wildman–Crippen LogP) is 4.65. The topological polar surface area (TPSA) is 12.0 Å². The monoisotopic (exact) mass is 269 g/mol. The van der Waals surface area contributed by atoms with E-state index in [4.69, 9.17) is 0 Å².